The minimum Gasteiger partial charge on any atom is -0.467 e. The van der Waals surface area contributed by atoms with E-state index in [1.54, 1.807) is 36.8 Å². The van der Waals surface area contributed by atoms with E-state index in [-0.39, 0.29) is 24.1 Å². The molecule has 0 saturated carbocycles. The predicted molar refractivity (Wildman–Crippen MR) is 91.9 cm³/mol. The van der Waals surface area contributed by atoms with Gasteiger partial charge in [-0.3, -0.25) is 9.59 Å². The monoisotopic (exact) mass is 375 g/mol. The zero-order valence-electron chi connectivity index (χ0n) is 13.8. The number of nitrogens with zero attached hydrogens (tertiary/aromatic N) is 3. The zero-order chi connectivity index (χ0) is 18.2. The number of rotatable bonds is 9. The molecule has 26 heavy (non-hydrogen) atoms. The van der Waals surface area contributed by atoms with Crippen molar-refractivity contribution < 1.29 is 18.4 Å². The first kappa shape index (κ1) is 17.8. The Morgan fingerprint density at radius 3 is 2.31 bits per heavy atom. The van der Waals surface area contributed by atoms with E-state index in [4.69, 9.17) is 8.83 Å². The van der Waals surface area contributed by atoms with Crippen LogP contribution in [0.15, 0.2) is 57.1 Å². The smallest absolute Gasteiger partial charge is 0.242 e. The largest absolute Gasteiger partial charge is 0.467 e. The average Bonchev–Trinajstić information content (AvgIpc) is 3.39. The summed E-state index contributed by atoms with van der Waals surface area (Å²) in [4.78, 5) is 27.9. The number of carbonyl (C=O) groups is 2. The number of amides is 2. The summed E-state index contributed by atoms with van der Waals surface area (Å²) in [6, 6.07) is 7.07. The molecule has 0 spiro atoms. The molecule has 3 rings (SSSR count). The SMILES string of the molecule is O=C(CSc1ncnn1CC(=O)NCc1ccco1)NCc1ccco1. The van der Waals surface area contributed by atoms with Gasteiger partial charge in [-0.15, -0.1) is 0 Å². The lowest BCUT2D eigenvalue weighted by Gasteiger charge is -2.06. The number of nitrogens with one attached hydrogen (secondary N) is 2. The van der Waals surface area contributed by atoms with Gasteiger partial charge in [0.05, 0.1) is 31.4 Å². The predicted octanol–water partition coefficient (Wildman–Crippen LogP) is 1.19. The third kappa shape index (κ3) is 5.24. The number of hydrogen-bond acceptors (Lipinski definition) is 7. The maximum Gasteiger partial charge on any atom is 0.242 e. The molecule has 0 aliphatic heterocycles. The highest BCUT2D eigenvalue weighted by molar-refractivity contribution is 7.99. The van der Waals surface area contributed by atoms with Crippen molar-refractivity contribution in [2.75, 3.05) is 5.75 Å². The molecule has 9 nitrogen and oxygen atoms in total. The fraction of sp³-hybridized carbons (Fsp3) is 0.250. The maximum absolute atomic E-state index is 12.0. The van der Waals surface area contributed by atoms with E-state index < -0.39 is 0 Å². The molecule has 0 unspecified atom stereocenters. The number of carbonyl (C=O) groups excluding carboxylic acids is 2. The topological polar surface area (TPSA) is 115 Å². The minimum atomic E-state index is -0.226. The van der Waals surface area contributed by atoms with Crippen molar-refractivity contribution in [1.82, 2.24) is 25.4 Å². The molecule has 0 aliphatic rings. The lowest BCUT2D eigenvalue weighted by molar-refractivity contribution is -0.122. The zero-order valence-corrected chi connectivity index (χ0v) is 14.6. The van der Waals surface area contributed by atoms with Crippen LogP contribution in [0.2, 0.25) is 0 Å². The van der Waals surface area contributed by atoms with Crippen molar-refractivity contribution in [2.45, 2.75) is 24.8 Å². The van der Waals surface area contributed by atoms with Gasteiger partial charge in [0.15, 0.2) is 5.16 Å². The van der Waals surface area contributed by atoms with Crippen LogP contribution < -0.4 is 10.6 Å². The first-order valence-electron chi connectivity index (χ1n) is 7.79. The van der Waals surface area contributed by atoms with Crippen molar-refractivity contribution in [3.63, 3.8) is 0 Å². The number of aromatic nitrogens is 3. The number of hydrogen-bond donors (Lipinski definition) is 2. The molecule has 2 amide bonds. The van der Waals surface area contributed by atoms with E-state index in [2.05, 4.69) is 20.7 Å². The lowest BCUT2D eigenvalue weighted by atomic mass is 10.4. The van der Waals surface area contributed by atoms with E-state index in [1.807, 2.05) is 0 Å². The van der Waals surface area contributed by atoms with Crippen molar-refractivity contribution in [3.05, 3.63) is 54.6 Å². The molecule has 136 valence electrons. The first-order valence-corrected chi connectivity index (χ1v) is 8.78. The third-order valence-electron chi connectivity index (χ3n) is 3.29. The second kappa shape index (κ2) is 8.90. The van der Waals surface area contributed by atoms with Crippen LogP contribution in [0.3, 0.4) is 0 Å². The average molecular weight is 375 g/mol. The summed E-state index contributed by atoms with van der Waals surface area (Å²) in [5, 5.41) is 9.99. The van der Waals surface area contributed by atoms with Gasteiger partial charge in [-0.25, -0.2) is 9.67 Å². The Balaban J connectivity index is 1.42. The van der Waals surface area contributed by atoms with E-state index >= 15 is 0 Å². The standard InChI is InChI=1S/C16H17N5O4S/c22-14(17-7-12-3-1-5-24-12)9-21-16(19-11-20-21)26-10-15(23)18-8-13-4-2-6-25-13/h1-6,11H,7-10H2,(H,17,22)(H,18,23). The van der Waals surface area contributed by atoms with Crippen LogP contribution in [0.4, 0.5) is 0 Å². The van der Waals surface area contributed by atoms with Gasteiger partial charge in [0.25, 0.3) is 0 Å². The van der Waals surface area contributed by atoms with Gasteiger partial charge in [0, 0.05) is 0 Å². The number of thioether (sulfide) groups is 1. The highest BCUT2D eigenvalue weighted by atomic mass is 32.2. The summed E-state index contributed by atoms with van der Waals surface area (Å²) >= 11 is 1.21. The number of furan rings is 2. The van der Waals surface area contributed by atoms with Crippen molar-refractivity contribution in [1.29, 1.82) is 0 Å². The second-order valence-corrected chi connectivity index (χ2v) is 6.14. The summed E-state index contributed by atoms with van der Waals surface area (Å²) in [5.74, 6) is 1.12. The van der Waals surface area contributed by atoms with E-state index in [1.165, 1.54) is 22.8 Å². The van der Waals surface area contributed by atoms with Gasteiger partial charge >= 0.3 is 0 Å². The Bertz CT molecular complexity index is 829. The van der Waals surface area contributed by atoms with Crippen LogP contribution >= 0.6 is 11.8 Å². The molecule has 0 saturated heterocycles. The summed E-state index contributed by atoms with van der Waals surface area (Å²) in [6.45, 7) is 0.642. The Morgan fingerprint density at radius 1 is 1.04 bits per heavy atom. The molecule has 2 N–H and O–H groups in total. The Kier molecular flexibility index (Phi) is 6.09. The van der Waals surface area contributed by atoms with Crippen LogP contribution in [-0.4, -0.2) is 32.3 Å². The lowest BCUT2D eigenvalue weighted by Crippen LogP contribution is -2.28. The first-order chi connectivity index (χ1) is 12.7. The fourth-order valence-electron chi connectivity index (χ4n) is 2.04. The third-order valence-corrected chi connectivity index (χ3v) is 4.27. The molecule has 0 aliphatic carbocycles. The second-order valence-electron chi connectivity index (χ2n) is 5.20. The molecule has 3 heterocycles. The van der Waals surface area contributed by atoms with Crippen LogP contribution in [-0.2, 0) is 29.2 Å². The van der Waals surface area contributed by atoms with E-state index in [0.29, 0.717) is 29.8 Å². The maximum atomic E-state index is 12.0. The molecule has 10 heteroatoms. The summed E-state index contributed by atoms with van der Waals surface area (Å²) in [5.41, 5.74) is 0. The van der Waals surface area contributed by atoms with Gasteiger partial charge in [0.1, 0.15) is 24.4 Å². The van der Waals surface area contributed by atoms with Crippen LogP contribution in [0, 0.1) is 0 Å². The highest BCUT2D eigenvalue weighted by Crippen LogP contribution is 2.14. The van der Waals surface area contributed by atoms with Crippen LogP contribution in [0.5, 0.6) is 0 Å². The summed E-state index contributed by atoms with van der Waals surface area (Å²) in [6.07, 6.45) is 4.45. The van der Waals surface area contributed by atoms with Crippen molar-refractivity contribution in [3.8, 4) is 0 Å². The molecule has 0 aromatic carbocycles. The normalized spacial score (nSPS) is 10.6. The quantitative estimate of drug-likeness (QED) is 0.540. The minimum absolute atomic E-state index is 0.0110. The molecule has 0 fully saturated rings. The van der Waals surface area contributed by atoms with Crippen LogP contribution in [0.1, 0.15) is 11.5 Å². The molecular weight excluding hydrogens is 358 g/mol. The highest BCUT2D eigenvalue weighted by Gasteiger charge is 2.12. The van der Waals surface area contributed by atoms with Crippen molar-refractivity contribution >= 4 is 23.6 Å². The van der Waals surface area contributed by atoms with E-state index in [0.717, 1.165) is 0 Å². The van der Waals surface area contributed by atoms with Gasteiger partial charge in [-0.1, -0.05) is 11.8 Å². The molecule has 3 aromatic rings. The Hall–Kier alpha value is -3.01. The Labute approximate surface area is 153 Å². The molecule has 3 aromatic heterocycles. The van der Waals surface area contributed by atoms with E-state index in [9.17, 15) is 9.59 Å². The fourth-order valence-corrected chi connectivity index (χ4v) is 2.79. The molecule has 0 radical (unpaired) electrons. The van der Waals surface area contributed by atoms with Gasteiger partial charge in [-0.05, 0) is 24.3 Å². The Morgan fingerprint density at radius 2 is 1.69 bits per heavy atom. The molecule has 0 atom stereocenters. The molecular formula is C16H17N5O4S. The summed E-state index contributed by atoms with van der Waals surface area (Å²) < 4.78 is 11.7. The van der Waals surface area contributed by atoms with Gasteiger partial charge < -0.3 is 19.5 Å². The van der Waals surface area contributed by atoms with Crippen LogP contribution in [0.25, 0.3) is 0 Å². The van der Waals surface area contributed by atoms with Gasteiger partial charge in [-0.2, -0.15) is 5.10 Å². The summed E-state index contributed by atoms with van der Waals surface area (Å²) in [7, 11) is 0. The van der Waals surface area contributed by atoms with Gasteiger partial charge in [0.2, 0.25) is 11.8 Å². The van der Waals surface area contributed by atoms with Crippen molar-refractivity contribution in [2.24, 2.45) is 0 Å². The molecule has 0 bridgehead atoms.